The van der Waals surface area contributed by atoms with Gasteiger partial charge in [-0.15, -0.1) is 5.54 Å². The molecule has 0 aliphatic carbocycles. The van der Waals surface area contributed by atoms with E-state index in [0.29, 0.717) is 5.69 Å². The van der Waals surface area contributed by atoms with Gasteiger partial charge in [-0.25, -0.2) is 4.79 Å². The van der Waals surface area contributed by atoms with E-state index in [1.165, 1.54) is 7.11 Å². The number of amides is 1. The predicted molar refractivity (Wildman–Crippen MR) is 116 cm³/mol. The largest absolute Gasteiger partial charge is 0.469 e. The zero-order valence-electron chi connectivity index (χ0n) is 18.8. The first-order chi connectivity index (χ1) is 12.7. The molecule has 1 aromatic carbocycles. The topological polar surface area (TPSA) is 64.6 Å². The summed E-state index contributed by atoms with van der Waals surface area (Å²) in [5.41, 5.74) is 7.73. The van der Waals surface area contributed by atoms with Crippen LogP contribution in [-0.2, 0) is 20.7 Å². The molecule has 0 aromatic heterocycles. The van der Waals surface area contributed by atoms with E-state index >= 15 is 0 Å². The Hall–Kier alpha value is -2.26. The third-order valence-electron chi connectivity index (χ3n) is 4.14. The molecule has 0 fully saturated rings. The second kappa shape index (κ2) is 8.83. The summed E-state index contributed by atoms with van der Waals surface area (Å²) in [6, 6.07) is 0. The number of hydrogen-bond acceptors (Lipinski definition) is 4. The molecule has 0 radical (unpaired) electrons. The quantitative estimate of drug-likeness (QED) is 0.443. The van der Waals surface area contributed by atoms with Gasteiger partial charge in [0.15, 0.2) is 0 Å². The molecule has 1 N–H and O–H groups in total. The van der Waals surface area contributed by atoms with Gasteiger partial charge in [-0.1, -0.05) is 25.6 Å². The minimum absolute atomic E-state index is 0.124. The Morgan fingerprint density at radius 3 is 2.07 bits per heavy atom. The Bertz CT molecular complexity index is 834. The average molecular weight is 404 g/mol. The zero-order valence-corrected chi connectivity index (χ0v) is 19.8. The van der Waals surface area contributed by atoms with Crippen molar-refractivity contribution in [3.05, 3.63) is 27.8 Å². The fourth-order valence-electron chi connectivity index (χ4n) is 2.78. The Balaban J connectivity index is 3.60. The summed E-state index contributed by atoms with van der Waals surface area (Å²) in [4.78, 5) is 24.3. The highest BCUT2D eigenvalue weighted by Crippen LogP contribution is 2.32. The van der Waals surface area contributed by atoms with Crippen molar-refractivity contribution in [2.45, 2.75) is 73.2 Å². The molecule has 28 heavy (non-hydrogen) atoms. The normalized spacial score (nSPS) is 11.4. The first kappa shape index (κ1) is 23.8. The predicted octanol–water partition coefficient (Wildman–Crippen LogP) is 4.90. The number of esters is 1. The van der Waals surface area contributed by atoms with E-state index in [1.807, 2.05) is 41.5 Å². The van der Waals surface area contributed by atoms with Crippen molar-refractivity contribution in [1.82, 2.24) is 0 Å². The van der Waals surface area contributed by atoms with E-state index in [9.17, 15) is 9.59 Å². The number of benzene rings is 1. The van der Waals surface area contributed by atoms with Crippen LogP contribution in [0.25, 0.3) is 0 Å². The van der Waals surface area contributed by atoms with E-state index in [1.54, 1.807) is 0 Å². The number of ether oxygens (including phenoxy) is 2. The summed E-state index contributed by atoms with van der Waals surface area (Å²) >= 11 is 0. The van der Waals surface area contributed by atoms with Crippen molar-refractivity contribution in [2.24, 2.45) is 0 Å². The minimum Gasteiger partial charge on any atom is -0.469 e. The number of rotatable bonds is 3. The van der Waals surface area contributed by atoms with Crippen LogP contribution < -0.4 is 5.32 Å². The highest BCUT2D eigenvalue weighted by Gasteiger charge is 2.22. The summed E-state index contributed by atoms with van der Waals surface area (Å²) in [5, 5.41) is 2.86. The Morgan fingerprint density at radius 1 is 1.04 bits per heavy atom. The van der Waals surface area contributed by atoms with Crippen LogP contribution in [0, 0.1) is 32.2 Å². The second-order valence-corrected chi connectivity index (χ2v) is 13.7. The van der Waals surface area contributed by atoms with Gasteiger partial charge in [0.1, 0.15) is 13.7 Å². The summed E-state index contributed by atoms with van der Waals surface area (Å²) in [6.45, 7) is 17.8. The van der Waals surface area contributed by atoms with Crippen molar-refractivity contribution < 1.29 is 19.1 Å². The van der Waals surface area contributed by atoms with Crippen molar-refractivity contribution in [3.63, 3.8) is 0 Å². The molecule has 0 spiro atoms. The van der Waals surface area contributed by atoms with Crippen molar-refractivity contribution >= 4 is 25.8 Å². The Kier molecular flexibility index (Phi) is 7.50. The lowest BCUT2D eigenvalue weighted by Gasteiger charge is -2.23. The molecule has 0 heterocycles. The van der Waals surface area contributed by atoms with Gasteiger partial charge in [-0.05, 0) is 63.8 Å². The maximum atomic E-state index is 12.4. The van der Waals surface area contributed by atoms with E-state index in [-0.39, 0.29) is 12.4 Å². The van der Waals surface area contributed by atoms with E-state index < -0.39 is 19.8 Å². The van der Waals surface area contributed by atoms with Gasteiger partial charge in [0, 0.05) is 5.56 Å². The van der Waals surface area contributed by atoms with Gasteiger partial charge in [0.2, 0.25) is 0 Å². The van der Waals surface area contributed by atoms with Gasteiger partial charge in [-0.3, -0.25) is 10.1 Å². The van der Waals surface area contributed by atoms with Crippen LogP contribution in [0.3, 0.4) is 0 Å². The lowest BCUT2D eigenvalue weighted by atomic mass is 9.90. The first-order valence-corrected chi connectivity index (χ1v) is 12.9. The Morgan fingerprint density at radius 2 is 1.61 bits per heavy atom. The van der Waals surface area contributed by atoms with Crippen LogP contribution in [0.5, 0.6) is 0 Å². The summed E-state index contributed by atoms with van der Waals surface area (Å²) in [6.07, 6.45) is -0.408. The van der Waals surface area contributed by atoms with Gasteiger partial charge < -0.3 is 9.47 Å². The average Bonchev–Trinajstić information content (AvgIpc) is 2.52. The molecule has 6 heteroatoms. The molecule has 154 valence electrons. The number of hydrogen-bond donors (Lipinski definition) is 1. The summed E-state index contributed by atoms with van der Waals surface area (Å²) < 4.78 is 10.3. The van der Waals surface area contributed by atoms with Crippen LogP contribution in [0.4, 0.5) is 10.5 Å². The second-order valence-electron chi connectivity index (χ2n) is 8.98. The number of carbonyl (C=O) groups excluding carboxylic acids is 2. The smallest absolute Gasteiger partial charge is 0.412 e. The van der Waals surface area contributed by atoms with Crippen LogP contribution in [0.2, 0.25) is 19.6 Å². The van der Waals surface area contributed by atoms with Gasteiger partial charge >= 0.3 is 12.1 Å². The molecule has 0 aliphatic rings. The van der Waals surface area contributed by atoms with Crippen LogP contribution in [0.1, 0.15) is 48.6 Å². The van der Waals surface area contributed by atoms with E-state index in [0.717, 1.165) is 27.8 Å². The maximum absolute atomic E-state index is 12.4. The van der Waals surface area contributed by atoms with Gasteiger partial charge in [-0.2, -0.15) is 0 Å². The van der Waals surface area contributed by atoms with Crippen molar-refractivity contribution in [1.29, 1.82) is 0 Å². The molecule has 5 nitrogen and oxygen atoms in total. The minimum atomic E-state index is -1.60. The fourth-order valence-corrected chi connectivity index (χ4v) is 3.28. The highest BCUT2D eigenvalue weighted by molar-refractivity contribution is 6.83. The molecule has 0 atom stereocenters. The molecule has 1 aromatic rings. The molecule has 1 rings (SSSR count). The molecular formula is C22H33NO4Si. The highest BCUT2D eigenvalue weighted by atomic mass is 28.3. The van der Waals surface area contributed by atoms with Gasteiger partial charge in [0.05, 0.1) is 19.2 Å². The third kappa shape index (κ3) is 6.72. The van der Waals surface area contributed by atoms with Crippen LogP contribution >= 0.6 is 0 Å². The maximum Gasteiger partial charge on any atom is 0.412 e. The number of nitrogens with one attached hydrogen (secondary N) is 1. The van der Waals surface area contributed by atoms with E-state index in [4.69, 9.17) is 9.47 Å². The summed E-state index contributed by atoms with van der Waals surface area (Å²) in [5.74, 6) is 2.98. The zero-order chi connectivity index (χ0) is 21.9. The molecular weight excluding hydrogens is 370 g/mol. The molecule has 0 unspecified atom stereocenters. The molecule has 1 amide bonds. The number of methoxy groups -OCH3 is 1. The lowest BCUT2D eigenvalue weighted by molar-refractivity contribution is -0.139. The fraction of sp³-hybridized carbons (Fsp3) is 0.545. The Labute approximate surface area is 170 Å². The third-order valence-corrected chi connectivity index (χ3v) is 5.02. The lowest BCUT2D eigenvalue weighted by Crippen LogP contribution is -2.28. The van der Waals surface area contributed by atoms with E-state index in [2.05, 4.69) is 36.4 Å². The SMILES string of the molecule is COC(=O)Cc1c(C)c(C#C[Si](C)(C)C)c(C)c(NC(=O)OC(C)(C)C)c1C. The number of anilines is 1. The molecule has 0 saturated carbocycles. The molecule has 0 aliphatic heterocycles. The number of carbonyl (C=O) groups is 2. The van der Waals surface area contributed by atoms with Crippen LogP contribution in [-0.4, -0.2) is 32.8 Å². The van der Waals surface area contributed by atoms with Crippen molar-refractivity contribution in [2.75, 3.05) is 12.4 Å². The monoisotopic (exact) mass is 403 g/mol. The molecule has 0 saturated heterocycles. The standard InChI is InChI=1S/C22H33NO4Si/c1-14-17(11-12-28(8,9)10)15(2)20(23-21(25)27-22(4,5)6)16(3)18(14)13-19(24)26-7/h13H2,1-10H3,(H,23,25). The van der Waals surface area contributed by atoms with Crippen LogP contribution in [0.15, 0.2) is 0 Å². The van der Waals surface area contributed by atoms with Gasteiger partial charge in [0.25, 0.3) is 0 Å². The summed E-state index contributed by atoms with van der Waals surface area (Å²) in [7, 11) is -0.234. The van der Waals surface area contributed by atoms with Crippen molar-refractivity contribution in [3.8, 4) is 11.5 Å². The first-order valence-electron chi connectivity index (χ1n) is 9.39. The molecule has 0 bridgehead atoms.